The first-order valence-corrected chi connectivity index (χ1v) is 5.44. The Hall–Kier alpha value is -0.760. The van der Waals surface area contributed by atoms with Crippen molar-refractivity contribution in [2.24, 2.45) is 5.92 Å². The Morgan fingerprint density at radius 2 is 2.00 bits per heavy atom. The zero-order valence-electron chi connectivity index (χ0n) is 10.4. The molecule has 98 valence electrons. The van der Waals surface area contributed by atoms with E-state index in [1.165, 1.54) is 0 Å². The molecule has 1 fully saturated rings. The molecule has 0 bridgehead atoms. The van der Waals surface area contributed by atoms with Crippen LogP contribution in [0, 0.1) is 55.5 Å². The van der Waals surface area contributed by atoms with E-state index in [2.05, 4.69) is 6.57 Å². The first-order valence-electron chi connectivity index (χ1n) is 5.44. The van der Waals surface area contributed by atoms with Crippen molar-refractivity contribution in [3.63, 3.8) is 0 Å². The van der Waals surface area contributed by atoms with Crippen molar-refractivity contribution in [2.45, 2.75) is 13.3 Å². The van der Waals surface area contributed by atoms with E-state index in [1.54, 1.807) is 7.11 Å². The summed E-state index contributed by atoms with van der Waals surface area (Å²) in [4.78, 5) is 13.7. The molecule has 0 aliphatic carbocycles. The summed E-state index contributed by atoms with van der Waals surface area (Å²) in [5.74, 6) is 1.09. The molecular formula is C13H16ArN2O2. The van der Waals surface area contributed by atoms with Gasteiger partial charge in [-0.2, -0.15) is 0 Å². The molecular weight excluding hydrogens is 256 g/mol. The Labute approximate surface area is 138 Å². The van der Waals surface area contributed by atoms with Crippen molar-refractivity contribution in [3.05, 3.63) is 24.3 Å². The number of rotatable bonds is 2. The molecule has 1 aliphatic heterocycles. The third-order valence-corrected chi connectivity index (χ3v) is 2.85. The van der Waals surface area contributed by atoms with E-state index in [1.807, 2.05) is 36.1 Å². The number of anilines is 1. The zero-order valence-corrected chi connectivity index (χ0v) is 11.1. The van der Waals surface area contributed by atoms with Gasteiger partial charge in [0.15, 0.2) is 0 Å². The van der Waals surface area contributed by atoms with E-state index in [-0.39, 0.29) is 49.6 Å². The molecule has 0 spiro atoms. The first-order chi connectivity index (χ1) is 8.24. The number of carbonyl (C=O) groups excluding carboxylic acids is 1. The third-order valence-electron chi connectivity index (χ3n) is 2.85. The number of benzene rings is 1. The molecule has 1 heterocycles. The molecule has 5 heteroatoms. The van der Waals surface area contributed by atoms with Gasteiger partial charge in [0.05, 0.1) is 12.8 Å². The Morgan fingerprint density at radius 3 is 2.50 bits per heavy atom. The molecule has 0 N–H and O–H groups in total. The molecule has 0 aromatic heterocycles. The van der Waals surface area contributed by atoms with Gasteiger partial charge in [-0.3, -0.25) is 4.79 Å². The fraction of sp³-hybridized carbons (Fsp3) is 0.385. The summed E-state index contributed by atoms with van der Waals surface area (Å²) in [5, 5.41) is 6.50. The Balaban J connectivity index is 0.000000917. The number of hydrogen-bond donors (Lipinski definition) is 0. The molecule has 4 nitrogen and oxygen atoms in total. The topological polar surface area (TPSA) is 53.3 Å². The van der Waals surface area contributed by atoms with Gasteiger partial charge in [0, 0.05) is 56.8 Å². The standard InChI is InChI=1S/C12H15NO2.CHN.Ar/c1-9-7-8-13(12(9)14)10-5-3-4-6-11(10)15-2;1-2;/h3-6,9H,7-8H2,1-2H3;1H;. The van der Waals surface area contributed by atoms with Crippen LogP contribution in [0.5, 0.6) is 5.75 Å². The van der Waals surface area contributed by atoms with E-state index in [0.29, 0.717) is 0 Å². The summed E-state index contributed by atoms with van der Waals surface area (Å²) in [5.41, 5.74) is 0.884. The van der Waals surface area contributed by atoms with Crippen LogP contribution in [-0.4, -0.2) is 19.6 Å². The van der Waals surface area contributed by atoms with Crippen LogP contribution in [0.25, 0.3) is 0 Å². The van der Waals surface area contributed by atoms with Crippen molar-refractivity contribution in [3.8, 4) is 12.3 Å². The van der Waals surface area contributed by atoms with E-state index < -0.39 is 0 Å². The van der Waals surface area contributed by atoms with Crippen molar-refractivity contribution in [1.82, 2.24) is 0 Å². The van der Waals surface area contributed by atoms with Crippen LogP contribution in [0.15, 0.2) is 24.3 Å². The van der Waals surface area contributed by atoms with Gasteiger partial charge in [-0.15, -0.1) is 0 Å². The number of amides is 1. The van der Waals surface area contributed by atoms with Gasteiger partial charge >= 0.3 is 0 Å². The van der Waals surface area contributed by atoms with E-state index >= 15 is 0 Å². The number of hydrogen-bond acceptors (Lipinski definition) is 3. The zero-order chi connectivity index (χ0) is 12.8. The second-order valence-corrected chi connectivity index (χ2v) is 3.85. The predicted molar refractivity (Wildman–Crippen MR) is 65.8 cm³/mol. The number of para-hydroxylation sites is 2. The maximum absolute atomic E-state index is 11.8. The van der Waals surface area contributed by atoms with Gasteiger partial charge < -0.3 is 9.64 Å². The van der Waals surface area contributed by atoms with Crippen LogP contribution in [0.3, 0.4) is 0 Å². The Bertz CT molecular complexity index is 420. The van der Waals surface area contributed by atoms with Crippen molar-refractivity contribution < 1.29 is 47.3 Å². The summed E-state index contributed by atoms with van der Waals surface area (Å²) < 4.78 is 5.25. The van der Waals surface area contributed by atoms with Gasteiger partial charge in [-0.05, 0) is 18.6 Å². The van der Waals surface area contributed by atoms with Crippen LogP contribution in [-0.2, 0) is 4.79 Å². The quantitative estimate of drug-likeness (QED) is 0.829. The smallest absolute Gasteiger partial charge is 0.229 e. The van der Waals surface area contributed by atoms with Gasteiger partial charge in [-0.25, -0.2) is 5.26 Å². The Kier molecular flexibility index (Phi) is 8.01. The van der Waals surface area contributed by atoms with Gasteiger partial charge in [0.2, 0.25) is 5.91 Å². The van der Waals surface area contributed by atoms with E-state index in [0.717, 1.165) is 24.4 Å². The molecule has 2 rings (SSSR count). The van der Waals surface area contributed by atoms with Crippen LogP contribution < -0.4 is 9.64 Å². The van der Waals surface area contributed by atoms with Crippen LogP contribution in [0.1, 0.15) is 13.3 Å². The molecule has 0 radical (unpaired) electrons. The van der Waals surface area contributed by atoms with Gasteiger partial charge in [0.1, 0.15) is 5.75 Å². The van der Waals surface area contributed by atoms with E-state index in [9.17, 15) is 4.79 Å². The van der Waals surface area contributed by atoms with Gasteiger partial charge in [0.25, 0.3) is 0 Å². The predicted octanol–water partition coefficient (Wildman–Crippen LogP) is 2.21. The van der Waals surface area contributed by atoms with Crippen molar-refractivity contribution >= 4 is 11.6 Å². The number of ether oxygens (including phenoxy) is 1. The molecule has 1 saturated heterocycles. The van der Waals surface area contributed by atoms with Crippen molar-refractivity contribution in [1.29, 1.82) is 5.26 Å². The Morgan fingerprint density at radius 1 is 1.39 bits per heavy atom. The summed E-state index contributed by atoms with van der Waals surface area (Å²) in [6.07, 6.45) is 0.927. The molecule has 0 saturated carbocycles. The maximum Gasteiger partial charge on any atom is 0.229 e. The maximum atomic E-state index is 11.8. The average molecular weight is 272 g/mol. The molecule has 18 heavy (non-hydrogen) atoms. The molecule has 1 aromatic rings. The number of nitrogens with zero attached hydrogens (tertiary/aromatic N) is 2. The summed E-state index contributed by atoms with van der Waals surface area (Å²) in [6.45, 7) is 6.26. The minimum Gasteiger partial charge on any atom is -0.495 e. The number of carbonyl (C=O) groups is 1. The monoisotopic (exact) mass is 272 g/mol. The molecule has 1 atom stereocenters. The van der Waals surface area contributed by atoms with Crippen LogP contribution >= 0.6 is 0 Å². The largest absolute Gasteiger partial charge is 0.495 e. The number of methoxy groups -OCH3 is 1. The summed E-state index contributed by atoms with van der Waals surface area (Å²) in [6, 6.07) is 7.64. The minimum absolute atomic E-state index is 0. The minimum atomic E-state index is 0. The average Bonchev–Trinajstić information content (AvgIpc) is 2.72. The second-order valence-electron chi connectivity index (χ2n) is 3.85. The van der Waals surface area contributed by atoms with Crippen molar-refractivity contribution in [2.75, 3.05) is 18.6 Å². The second kappa shape index (κ2) is 8.36. The molecule has 1 aromatic carbocycles. The van der Waals surface area contributed by atoms with Crippen LogP contribution in [0.4, 0.5) is 5.69 Å². The van der Waals surface area contributed by atoms with Crippen LogP contribution in [0.2, 0.25) is 0 Å². The third kappa shape index (κ3) is 3.61. The molecule has 1 unspecified atom stereocenters. The summed E-state index contributed by atoms with van der Waals surface area (Å²) in [7, 11) is 1.63. The first kappa shape index (κ1) is 17.2. The fourth-order valence-electron chi connectivity index (χ4n) is 1.91. The van der Waals surface area contributed by atoms with E-state index in [4.69, 9.17) is 10.00 Å². The summed E-state index contributed by atoms with van der Waals surface area (Å²) >= 11 is 0. The molecule has 1 aliphatic rings. The normalized spacial score (nSPS) is 17.4. The SMILES string of the molecule is C#N.COc1ccccc1N1CCC(C)C1=O.[Ar]. The molecule has 1 amide bonds. The van der Waals surface area contributed by atoms with Gasteiger partial charge in [-0.1, -0.05) is 19.1 Å². The fourth-order valence-corrected chi connectivity index (χ4v) is 1.91. The number of nitriles is 1.